The summed E-state index contributed by atoms with van der Waals surface area (Å²) in [6.07, 6.45) is 0. The van der Waals surface area contributed by atoms with Crippen molar-refractivity contribution in [3.63, 3.8) is 0 Å². The normalized spacial score (nSPS) is 17.9. The van der Waals surface area contributed by atoms with Crippen LogP contribution in [-0.4, -0.2) is 38.3 Å². The van der Waals surface area contributed by atoms with E-state index in [4.69, 9.17) is 10.6 Å². The Kier molecular flexibility index (Phi) is 3.08. The third kappa shape index (κ3) is 2.22. The molecule has 0 radical (unpaired) electrons. The summed E-state index contributed by atoms with van der Waals surface area (Å²) in [4.78, 5) is 2.31. The number of para-hydroxylation sites is 2. The number of anilines is 1. The maximum Gasteiger partial charge on any atom is 0.142 e. The molecule has 15 heavy (non-hydrogen) atoms. The van der Waals surface area contributed by atoms with E-state index in [0.717, 1.165) is 37.6 Å². The van der Waals surface area contributed by atoms with Gasteiger partial charge in [-0.3, -0.25) is 5.84 Å². The molecule has 0 unspecified atom stereocenters. The highest BCUT2D eigenvalue weighted by atomic mass is 16.5. The minimum Gasteiger partial charge on any atom is -0.495 e. The zero-order valence-corrected chi connectivity index (χ0v) is 9.02. The van der Waals surface area contributed by atoms with E-state index < -0.39 is 0 Å². The second-order valence-electron chi connectivity index (χ2n) is 3.69. The topological polar surface area (TPSA) is 41.7 Å². The number of rotatable bonds is 2. The van der Waals surface area contributed by atoms with E-state index in [-0.39, 0.29) is 0 Å². The van der Waals surface area contributed by atoms with Crippen molar-refractivity contribution >= 4 is 5.69 Å². The van der Waals surface area contributed by atoms with Crippen LogP contribution in [0.15, 0.2) is 24.3 Å². The summed E-state index contributed by atoms with van der Waals surface area (Å²) in [6.45, 7) is 3.71. The van der Waals surface area contributed by atoms with Crippen LogP contribution in [0.1, 0.15) is 0 Å². The highest BCUT2D eigenvalue weighted by Gasteiger charge is 2.16. The van der Waals surface area contributed by atoms with Crippen LogP contribution < -0.4 is 15.5 Å². The lowest BCUT2D eigenvalue weighted by Crippen LogP contribution is -2.49. The molecule has 1 aromatic rings. The molecule has 0 amide bonds. The van der Waals surface area contributed by atoms with Gasteiger partial charge in [-0.25, -0.2) is 5.01 Å². The Labute approximate surface area is 90.2 Å². The third-order valence-corrected chi connectivity index (χ3v) is 2.74. The summed E-state index contributed by atoms with van der Waals surface area (Å²) in [7, 11) is 1.71. The Morgan fingerprint density at radius 1 is 1.13 bits per heavy atom. The number of ether oxygens (including phenoxy) is 1. The summed E-state index contributed by atoms with van der Waals surface area (Å²) >= 11 is 0. The van der Waals surface area contributed by atoms with Crippen LogP contribution in [-0.2, 0) is 0 Å². The highest BCUT2D eigenvalue weighted by Crippen LogP contribution is 2.27. The number of hydrogen-bond acceptors (Lipinski definition) is 4. The molecule has 1 heterocycles. The lowest BCUT2D eigenvalue weighted by molar-refractivity contribution is 0.265. The van der Waals surface area contributed by atoms with E-state index in [9.17, 15) is 0 Å². The Morgan fingerprint density at radius 2 is 1.80 bits per heavy atom. The molecule has 4 heteroatoms. The molecular weight excluding hydrogens is 190 g/mol. The van der Waals surface area contributed by atoms with Gasteiger partial charge in [0.1, 0.15) is 5.75 Å². The molecule has 1 saturated heterocycles. The summed E-state index contributed by atoms with van der Waals surface area (Å²) in [5.41, 5.74) is 1.16. The standard InChI is InChI=1S/C11H17N3O/c1-15-11-5-3-2-4-10(11)13-6-8-14(12)9-7-13/h2-5H,6-9,12H2,1H3. The summed E-state index contributed by atoms with van der Waals surface area (Å²) < 4.78 is 5.34. The Hall–Kier alpha value is -1.26. The van der Waals surface area contributed by atoms with Gasteiger partial charge in [0, 0.05) is 26.2 Å². The van der Waals surface area contributed by atoms with Crippen molar-refractivity contribution in [1.29, 1.82) is 0 Å². The first-order valence-corrected chi connectivity index (χ1v) is 5.19. The van der Waals surface area contributed by atoms with Gasteiger partial charge in [0.05, 0.1) is 12.8 Å². The van der Waals surface area contributed by atoms with Crippen molar-refractivity contribution in [2.24, 2.45) is 5.84 Å². The maximum absolute atomic E-state index is 5.72. The number of hydrogen-bond donors (Lipinski definition) is 1. The molecule has 1 fully saturated rings. The second-order valence-corrected chi connectivity index (χ2v) is 3.69. The zero-order chi connectivity index (χ0) is 10.7. The van der Waals surface area contributed by atoms with Crippen LogP contribution >= 0.6 is 0 Å². The SMILES string of the molecule is COc1ccccc1N1CCN(N)CC1. The molecular formula is C11H17N3O. The van der Waals surface area contributed by atoms with Crippen molar-refractivity contribution in [2.45, 2.75) is 0 Å². The predicted molar refractivity (Wildman–Crippen MR) is 61.0 cm³/mol. The third-order valence-electron chi connectivity index (χ3n) is 2.74. The lowest BCUT2D eigenvalue weighted by Gasteiger charge is -2.34. The van der Waals surface area contributed by atoms with E-state index in [1.54, 1.807) is 7.11 Å². The largest absolute Gasteiger partial charge is 0.495 e. The molecule has 1 aliphatic heterocycles. The van der Waals surface area contributed by atoms with Crippen molar-refractivity contribution in [3.05, 3.63) is 24.3 Å². The molecule has 4 nitrogen and oxygen atoms in total. The molecule has 0 atom stereocenters. The van der Waals surface area contributed by atoms with Crippen LogP contribution in [0, 0.1) is 0 Å². The van der Waals surface area contributed by atoms with Crippen LogP contribution in [0.3, 0.4) is 0 Å². The number of nitrogens with zero attached hydrogens (tertiary/aromatic N) is 2. The van der Waals surface area contributed by atoms with Gasteiger partial charge in [0.25, 0.3) is 0 Å². The van der Waals surface area contributed by atoms with E-state index in [0.29, 0.717) is 0 Å². The maximum atomic E-state index is 5.72. The molecule has 0 aliphatic carbocycles. The first-order chi connectivity index (χ1) is 7.31. The average Bonchev–Trinajstić information content (AvgIpc) is 2.30. The Balaban J connectivity index is 2.15. The van der Waals surface area contributed by atoms with E-state index in [2.05, 4.69) is 11.0 Å². The predicted octanol–water partition coefficient (Wildman–Crippen LogP) is 0.691. The molecule has 1 aliphatic rings. The molecule has 0 spiro atoms. The van der Waals surface area contributed by atoms with E-state index in [1.165, 1.54) is 0 Å². The van der Waals surface area contributed by atoms with Crippen molar-refractivity contribution in [3.8, 4) is 5.75 Å². The first kappa shape index (κ1) is 10.3. The van der Waals surface area contributed by atoms with Crippen LogP contribution in [0.4, 0.5) is 5.69 Å². The van der Waals surface area contributed by atoms with Crippen molar-refractivity contribution < 1.29 is 4.74 Å². The summed E-state index contributed by atoms with van der Waals surface area (Å²) in [6, 6.07) is 8.10. The molecule has 0 aromatic heterocycles. The minimum absolute atomic E-state index is 0.901. The van der Waals surface area contributed by atoms with Crippen molar-refractivity contribution in [2.75, 3.05) is 38.2 Å². The number of benzene rings is 1. The van der Waals surface area contributed by atoms with E-state index >= 15 is 0 Å². The fourth-order valence-corrected chi connectivity index (χ4v) is 1.85. The van der Waals surface area contributed by atoms with Gasteiger partial charge >= 0.3 is 0 Å². The van der Waals surface area contributed by atoms with Crippen molar-refractivity contribution in [1.82, 2.24) is 5.01 Å². The summed E-state index contributed by atoms with van der Waals surface area (Å²) in [5.74, 6) is 6.65. The van der Waals surface area contributed by atoms with Gasteiger partial charge < -0.3 is 9.64 Å². The minimum atomic E-state index is 0.901. The lowest BCUT2D eigenvalue weighted by atomic mass is 10.2. The van der Waals surface area contributed by atoms with Crippen LogP contribution in [0.25, 0.3) is 0 Å². The van der Waals surface area contributed by atoms with Gasteiger partial charge in [-0.05, 0) is 12.1 Å². The van der Waals surface area contributed by atoms with E-state index in [1.807, 2.05) is 23.2 Å². The smallest absolute Gasteiger partial charge is 0.142 e. The van der Waals surface area contributed by atoms with Crippen LogP contribution in [0.2, 0.25) is 0 Å². The Morgan fingerprint density at radius 3 is 2.47 bits per heavy atom. The monoisotopic (exact) mass is 207 g/mol. The van der Waals surface area contributed by atoms with Gasteiger partial charge in [0.15, 0.2) is 0 Å². The summed E-state index contributed by atoms with van der Waals surface area (Å²) in [5, 5.41) is 1.85. The van der Waals surface area contributed by atoms with Crippen LogP contribution in [0.5, 0.6) is 5.75 Å². The van der Waals surface area contributed by atoms with Gasteiger partial charge in [0.2, 0.25) is 0 Å². The average molecular weight is 207 g/mol. The van der Waals surface area contributed by atoms with Gasteiger partial charge in [-0.15, -0.1) is 0 Å². The quantitative estimate of drug-likeness (QED) is 0.725. The zero-order valence-electron chi connectivity index (χ0n) is 9.02. The number of piperazine rings is 1. The van der Waals surface area contributed by atoms with Gasteiger partial charge in [-0.1, -0.05) is 12.1 Å². The molecule has 2 rings (SSSR count). The first-order valence-electron chi connectivity index (χ1n) is 5.19. The number of methoxy groups -OCH3 is 1. The fraction of sp³-hybridized carbons (Fsp3) is 0.455. The molecule has 1 aromatic carbocycles. The molecule has 2 N–H and O–H groups in total. The number of nitrogens with two attached hydrogens (primary N) is 1. The Bertz CT molecular complexity index is 321. The second kappa shape index (κ2) is 4.51. The molecule has 0 bridgehead atoms. The molecule has 82 valence electrons. The number of hydrazine groups is 1. The highest BCUT2D eigenvalue weighted by molar-refractivity contribution is 5.58. The fourth-order valence-electron chi connectivity index (χ4n) is 1.85. The molecule has 0 saturated carbocycles. The van der Waals surface area contributed by atoms with Gasteiger partial charge in [-0.2, -0.15) is 0 Å².